The predicted octanol–water partition coefficient (Wildman–Crippen LogP) is 3.92. The monoisotopic (exact) mass is 425 g/mol. The lowest BCUT2D eigenvalue weighted by Crippen LogP contribution is -2.12. The molecule has 2 aromatic carbocycles. The number of rotatable bonds is 8. The van der Waals surface area contributed by atoms with Crippen LogP contribution in [-0.4, -0.2) is 43.9 Å². The fourth-order valence-corrected chi connectivity index (χ4v) is 3.62. The van der Waals surface area contributed by atoms with Crippen molar-refractivity contribution in [1.29, 1.82) is 0 Å². The van der Waals surface area contributed by atoms with E-state index in [1.807, 2.05) is 23.6 Å². The van der Waals surface area contributed by atoms with Gasteiger partial charge in [-0.05, 0) is 24.3 Å². The zero-order valence-electron chi connectivity index (χ0n) is 17.0. The molecule has 0 saturated heterocycles. The maximum absolute atomic E-state index is 10.4. The van der Waals surface area contributed by atoms with Crippen LogP contribution in [0.3, 0.4) is 0 Å². The SMILES string of the molecule is C=CCN=c1scc(-c2ccc(OC)cc2OC)n1N=Cc1cccc(OC)c1O. The van der Waals surface area contributed by atoms with Gasteiger partial charge in [0.1, 0.15) is 11.5 Å². The van der Waals surface area contributed by atoms with E-state index >= 15 is 0 Å². The molecule has 0 aliphatic heterocycles. The number of hydrogen-bond donors (Lipinski definition) is 1. The fraction of sp³-hybridized carbons (Fsp3) is 0.182. The minimum Gasteiger partial charge on any atom is -0.504 e. The van der Waals surface area contributed by atoms with Crippen LogP contribution in [0.1, 0.15) is 5.56 Å². The Labute approximate surface area is 178 Å². The molecular formula is C22H23N3O4S. The van der Waals surface area contributed by atoms with Crippen molar-refractivity contribution in [3.63, 3.8) is 0 Å². The van der Waals surface area contributed by atoms with Gasteiger partial charge in [0.2, 0.25) is 4.80 Å². The van der Waals surface area contributed by atoms with Crippen molar-refractivity contribution in [1.82, 2.24) is 4.68 Å². The Morgan fingerprint density at radius 3 is 2.60 bits per heavy atom. The summed E-state index contributed by atoms with van der Waals surface area (Å²) >= 11 is 1.45. The number of phenolic OH excluding ortho intramolecular Hbond substituents is 1. The smallest absolute Gasteiger partial charge is 0.206 e. The molecule has 0 aliphatic carbocycles. The number of benzene rings is 2. The summed E-state index contributed by atoms with van der Waals surface area (Å²) in [5.74, 6) is 1.74. The molecule has 1 aromatic heterocycles. The van der Waals surface area contributed by atoms with Crippen molar-refractivity contribution < 1.29 is 19.3 Å². The molecule has 0 fully saturated rings. The quantitative estimate of drug-likeness (QED) is 0.438. The Kier molecular flexibility index (Phi) is 6.92. The number of ether oxygens (including phenoxy) is 3. The van der Waals surface area contributed by atoms with Gasteiger partial charge in [0.05, 0.1) is 39.8 Å². The standard InChI is InChI=1S/C22H23N3O4S/c1-5-11-23-22-25(24-13-15-7-6-8-19(28-3)21(15)26)18(14-30-22)17-10-9-16(27-2)12-20(17)29-4/h5-10,12-14,26H,1,11H2,2-4H3. The van der Waals surface area contributed by atoms with Gasteiger partial charge in [-0.1, -0.05) is 12.1 Å². The van der Waals surface area contributed by atoms with Gasteiger partial charge in [-0.15, -0.1) is 17.9 Å². The number of thiazole rings is 1. The van der Waals surface area contributed by atoms with E-state index in [4.69, 9.17) is 14.2 Å². The summed E-state index contributed by atoms with van der Waals surface area (Å²) in [7, 11) is 4.72. The maximum Gasteiger partial charge on any atom is 0.206 e. The van der Waals surface area contributed by atoms with Crippen molar-refractivity contribution in [3.05, 3.63) is 64.8 Å². The second-order valence-electron chi connectivity index (χ2n) is 6.05. The van der Waals surface area contributed by atoms with Gasteiger partial charge >= 0.3 is 0 Å². The highest BCUT2D eigenvalue weighted by Crippen LogP contribution is 2.34. The Morgan fingerprint density at radius 1 is 1.10 bits per heavy atom. The van der Waals surface area contributed by atoms with Crippen LogP contribution in [0, 0.1) is 0 Å². The van der Waals surface area contributed by atoms with Crippen LogP contribution in [-0.2, 0) is 0 Å². The number of nitrogens with zero attached hydrogens (tertiary/aromatic N) is 3. The Morgan fingerprint density at radius 2 is 1.90 bits per heavy atom. The van der Waals surface area contributed by atoms with Gasteiger partial charge in [-0.25, -0.2) is 4.68 Å². The third kappa shape index (κ3) is 4.38. The number of hydrogen-bond acceptors (Lipinski definition) is 7. The average Bonchev–Trinajstić information content (AvgIpc) is 3.18. The molecule has 0 spiro atoms. The second kappa shape index (κ2) is 9.80. The number of phenols is 1. The largest absolute Gasteiger partial charge is 0.504 e. The van der Waals surface area contributed by atoms with Crippen LogP contribution in [0.2, 0.25) is 0 Å². The van der Waals surface area contributed by atoms with Gasteiger partial charge in [-0.2, -0.15) is 5.10 Å². The van der Waals surface area contributed by atoms with Crippen LogP contribution < -0.4 is 19.0 Å². The van der Waals surface area contributed by atoms with Gasteiger partial charge in [0, 0.05) is 22.6 Å². The first-order valence-corrected chi connectivity index (χ1v) is 9.95. The number of methoxy groups -OCH3 is 3. The third-order valence-electron chi connectivity index (χ3n) is 4.29. The van der Waals surface area contributed by atoms with Crippen molar-refractivity contribution in [2.75, 3.05) is 27.9 Å². The molecule has 3 rings (SSSR count). The van der Waals surface area contributed by atoms with E-state index < -0.39 is 0 Å². The molecule has 7 nitrogen and oxygen atoms in total. The fourth-order valence-electron chi connectivity index (χ4n) is 2.79. The molecule has 1 N–H and O–H groups in total. The molecule has 1 heterocycles. The highest BCUT2D eigenvalue weighted by molar-refractivity contribution is 7.07. The first kappa shape index (κ1) is 21.2. The minimum absolute atomic E-state index is 0.0211. The molecule has 0 bridgehead atoms. The van der Waals surface area contributed by atoms with Crippen molar-refractivity contribution >= 4 is 17.6 Å². The van der Waals surface area contributed by atoms with Crippen LogP contribution >= 0.6 is 11.3 Å². The van der Waals surface area contributed by atoms with Crippen LogP contribution in [0.15, 0.2) is 64.5 Å². The lowest BCUT2D eigenvalue weighted by atomic mass is 10.1. The van der Waals surface area contributed by atoms with E-state index in [1.54, 1.807) is 49.4 Å². The molecule has 0 unspecified atom stereocenters. The highest BCUT2D eigenvalue weighted by atomic mass is 32.1. The first-order valence-electron chi connectivity index (χ1n) is 9.07. The van der Waals surface area contributed by atoms with E-state index in [-0.39, 0.29) is 5.75 Å². The van der Waals surface area contributed by atoms with Crippen LogP contribution in [0.4, 0.5) is 0 Å². The molecule has 3 aromatic rings. The third-order valence-corrected chi connectivity index (χ3v) is 5.14. The summed E-state index contributed by atoms with van der Waals surface area (Å²) in [6.07, 6.45) is 3.28. The van der Waals surface area contributed by atoms with Crippen molar-refractivity contribution in [2.24, 2.45) is 10.1 Å². The summed E-state index contributed by atoms with van der Waals surface area (Å²) in [5, 5.41) is 16.9. The van der Waals surface area contributed by atoms with E-state index in [2.05, 4.69) is 16.7 Å². The zero-order valence-corrected chi connectivity index (χ0v) is 17.8. The Balaban J connectivity index is 2.14. The predicted molar refractivity (Wildman–Crippen MR) is 119 cm³/mol. The van der Waals surface area contributed by atoms with Gasteiger partial charge in [0.25, 0.3) is 0 Å². The Bertz CT molecular complexity index is 1130. The van der Waals surface area contributed by atoms with Gasteiger partial charge < -0.3 is 19.3 Å². The lowest BCUT2D eigenvalue weighted by Gasteiger charge is -2.11. The molecule has 0 aliphatic rings. The number of aromatic hydroxyl groups is 1. The summed E-state index contributed by atoms with van der Waals surface area (Å²) in [4.78, 5) is 5.21. The van der Waals surface area contributed by atoms with Crippen LogP contribution in [0.5, 0.6) is 23.0 Å². The highest BCUT2D eigenvalue weighted by Gasteiger charge is 2.14. The molecule has 30 heavy (non-hydrogen) atoms. The van der Waals surface area contributed by atoms with Crippen molar-refractivity contribution in [3.8, 4) is 34.3 Å². The zero-order chi connectivity index (χ0) is 21.5. The molecule has 0 radical (unpaired) electrons. The molecule has 0 amide bonds. The van der Waals surface area contributed by atoms with E-state index in [0.29, 0.717) is 34.2 Å². The normalized spacial score (nSPS) is 11.6. The molecule has 0 atom stereocenters. The molecular weight excluding hydrogens is 402 g/mol. The summed E-state index contributed by atoms with van der Waals surface area (Å²) in [6, 6.07) is 10.8. The second-order valence-corrected chi connectivity index (χ2v) is 6.89. The van der Waals surface area contributed by atoms with Gasteiger partial charge in [-0.3, -0.25) is 4.99 Å². The molecule has 8 heteroatoms. The minimum atomic E-state index is 0.0211. The molecule has 156 valence electrons. The molecule has 0 saturated carbocycles. The summed E-state index contributed by atoms with van der Waals surface area (Å²) in [6.45, 7) is 4.18. The Hall–Kier alpha value is -3.52. The topological polar surface area (TPSA) is 77.6 Å². The van der Waals surface area contributed by atoms with E-state index in [0.717, 1.165) is 11.3 Å². The van der Waals surface area contributed by atoms with E-state index in [9.17, 15) is 5.11 Å². The first-order chi connectivity index (χ1) is 14.6. The number of para-hydroxylation sites is 1. The average molecular weight is 426 g/mol. The lowest BCUT2D eigenvalue weighted by molar-refractivity contribution is 0.373. The van der Waals surface area contributed by atoms with Crippen molar-refractivity contribution in [2.45, 2.75) is 0 Å². The summed E-state index contributed by atoms with van der Waals surface area (Å²) in [5.41, 5.74) is 2.15. The van der Waals surface area contributed by atoms with Gasteiger partial charge in [0.15, 0.2) is 11.5 Å². The van der Waals surface area contributed by atoms with Crippen LogP contribution in [0.25, 0.3) is 11.3 Å². The van der Waals surface area contributed by atoms with E-state index in [1.165, 1.54) is 18.4 Å². The maximum atomic E-state index is 10.4. The number of aromatic nitrogens is 1. The summed E-state index contributed by atoms with van der Waals surface area (Å²) < 4.78 is 17.7.